The Morgan fingerprint density at radius 1 is 1.22 bits per heavy atom. The van der Waals surface area contributed by atoms with Crippen molar-refractivity contribution in [1.82, 2.24) is 15.3 Å². The Labute approximate surface area is 211 Å². The van der Waals surface area contributed by atoms with Crippen LogP contribution in [0.2, 0.25) is 0 Å². The summed E-state index contributed by atoms with van der Waals surface area (Å²) < 4.78 is 38.3. The Balaban J connectivity index is 1.26. The minimum Gasteiger partial charge on any atom is -0.471 e. The number of amides is 1. The maximum absolute atomic E-state index is 15.0. The minimum absolute atomic E-state index is 0.0637. The van der Waals surface area contributed by atoms with Gasteiger partial charge in [0.2, 0.25) is 5.88 Å². The summed E-state index contributed by atoms with van der Waals surface area (Å²) in [4.78, 5) is 21.2. The van der Waals surface area contributed by atoms with Gasteiger partial charge in [0.25, 0.3) is 0 Å². The lowest BCUT2D eigenvalue weighted by Crippen LogP contribution is -2.63. The summed E-state index contributed by atoms with van der Waals surface area (Å²) in [6, 6.07) is 3.61. The molecule has 5 heterocycles. The van der Waals surface area contributed by atoms with E-state index in [2.05, 4.69) is 22.2 Å². The number of halogens is 1. The van der Waals surface area contributed by atoms with Crippen LogP contribution in [0.3, 0.4) is 0 Å². The molecule has 1 saturated carbocycles. The van der Waals surface area contributed by atoms with Crippen molar-refractivity contribution in [3.63, 3.8) is 0 Å². The Morgan fingerprint density at radius 2 is 2.00 bits per heavy atom. The fraction of sp³-hybridized carbons (Fsp3) is 0.667. The average molecular weight is 502 g/mol. The van der Waals surface area contributed by atoms with Crippen molar-refractivity contribution in [2.24, 2.45) is 5.92 Å². The van der Waals surface area contributed by atoms with Crippen LogP contribution in [-0.2, 0) is 20.6 Å². The zero-order valence-corrected chi connectivity index (χ0v) is 21.6. The Hall–Kier alpha value is -2.52. The van der Waals surface area contributed by atoms with Crippen molar-refractivity contribution in [2.75, 3.05) is 19.8 Å². The van der Waals surface area contributed by atoms with Gasteiger partial charge in [-0.3, -0.25) is 4.98 Å². The summed E-state index contributed by atoms with van der Waals surface area (Å²) in [5.74, 6) is 0.369. The third-order valence-corrected chi connectivity index (χ3v) is 7.68. The Bertz CT molecular complexity index is 1110. The smallest absolute Gasteiger partial charge is 0.408 e. The molecule has 3 saturated heterocycles. The van der Waals surface area contributed by atoms with Gasteiger partial charge in [-0.2, -0.15) is 0 Å². The zero-order chi connectivity index (χ0) is 25.6. The molecule has 6 rings (SSSR count). The van der Waals surface area contributed by atoms with E-state index in [1.54, 1.807) is 6.07 Å². The highest BCUT2D eigenvalue weighted by molar-refractivity contribution is 5.78. The van der Waals surface area contributed by atoms with Crippen molar-refractivity contribution in [1.29, 1.82) is 0 Å². The van der Waals surface area contributed by atoms with Gasteiger partial charge in [0.1, 0.15) is 17.5 Å². The molecular weight excluding hydrogens is 465 g/mol. The summed E-state index contributed by atoms with van der Waals surface area (Å²) in [5.41, 5.74) is 0.434. The molecule has 4 aliphatic rings. The molecule has 0 unspecified atom stereocenters. The number of rotatable bonds is 6. The molecule has 1 aliphatic carbocycles. The summed E-state index contributed by atoms with van der Waals surface area (Å²) in [6.45, 7) is 9.26. The van der Waals surface area contributed by atoms with Crippen LogP contribution >= 0.6 is 0 Å². The highest BCUT2D eigenvalue weighted by Crippen LogP contribution is 2.46. The standard InChI is InChI=1S/C27H36FN3O5/c1-17-14-33-15-21(17)35-22-6-5-20-23(30-22)18(19(28)13-29-20)7-8-27-11-9-26(10-12-27,16-34-27)31-24(32)36-25(2,3)4/h5-6,13,17,21H,7-12,14-16H2,1-4H3,(H,31,32)/t17-,21-,26?,27?/m1/s1. The molecule has 36 heavy (non-hydrogen) atoms. The van der Waals surface area contributed by atoms with Gasteiger partial charge in [-0.1, -0.05) is 6.92 Å². The maximum atomic E-state index is 15.0. The van der Waals surface area contributed by atoms with Crippen LogP contribution in [0.1, 0.15) is 65.4 Å². The first-order valence-corrected chi connectivity index (χ1v) is 12.9. The first-order valence-electron chi connectivity index (χ1n) is 12.9. The van der Waals surface area contributed by atoms with Crippen molar-refractivity contribution in [2.45, 2.75) is 89.1 Å². The van der Waals surface area contributed by atoms with E-state index in [4.69, 9.17) is 18.9 Å². The number of fused-ring (bicyclic) bond motifs is 4. The molecule has 196 valence electrons. The highest BCUT2D eigenvalue weighted by atomic mass is 19.1. The van der Waals surface area contributed by atoms with Crippen molar-refractivity contribution in [3.8, 4) is 5.88 Å². The molecule has 8 nitrogen and oxygen atoms in total. The fourth-order valence-electron chi connectivity index (χ4n) is 5.45. The number of aryl methyl sites for hydroxylation is 1. The number of carbonyl (C=O) groups excluding carboxylic acids is 1. The number of carbonyl (C=O) groups is 1. The van der Waals surface area contributed by atoms with Gasteiger partial charge in [-0.25, -0.2) is 14.2 Å². The number of pyridine rings is 2. The van der Waals surface area contributed by atoms with Crippen molar-refractivity contribution >= 4 is 17.1 Å². The van der Waals surface area contributed by atoms with Crippen LogP contribution in [0.5, 0.6) is 5.88 Å². The second-order valence-corrected chi connectivity index (χ2v) is 11.7. The number of nitrogens with one attached hydrogen (secondary N) is 1. The molecule has 0 aromatic carbocycles. The molecule has 0 spiro atoms. The van der Waals surface area contributed by atoms with Crippen LogP contribution in [0.15, 0.2) is 18.3 Å². The van der Waals surface area contributed by atoms with E-state index in [0.29, 0.717) is 55.1 Å². The van der Waals surface area contributed by atoms with Crippen LogP contribution in [0, 0.1) is 11.7 Å². The van der Waals surface area contributed by atoms with Gasteiger partial charge in [0.15, 0.2) is 0 Å². The molecular formula is C27H36FN3O5. The Morgan fingerprint density at radius 3 is 2.64 bits per heavy atom. The molecule has 0 radical (unpaired) electrons. The van der Waals surface area contributed by atoms with Crippen molar-refractivity contribution < 1.29 is 28.1 Å². The average Bonchev–Trinajstić information content (AvgIpc) is 3.22. The third-order valence-electron chi connectivity index (χ3n) is 7.68. The summed E-state index contributed by atoms with van der Waals surface area (Å²) in [5, 5.41) is 3.05. The van der Waals surface area contributed by atoms with E-state index in [1.165, 1.54) is 6.20 Å². The first-order chi connectivity index (χ1) is 17.1. The van der Waals surface area contributed by atoms with Crippen molar-refractivity contribution in [3.05, 3.63) is 29.7 Å². The number of nitrogens with zero attached hydrogens (tertiary/aromatic N) is 2. The lowest BCUT2D eigenvalue weighted by Gasteiger charge is -2.53. The minimum atomic E-state index is -0.547. The number of ether oxygens (including phenoxy) is 4. The molecule has 4 fully saturated rings. The molecule has 1 N–H and O–H groups in total. The van der Waals surface area contributed by atoms with E-state index in [9.17, 15) is 9.18 Å². The molecule has 1 amide bonds. The van der Waals surface area contributed by atoms with Gasteiger partial charge < -0.3 is 24.3 Å². The highest BCUT2D eigenvalue weighted by Gasteiger charge is 2.50. The van der Waals surface area contributed by atoms with Gasteiger partial charge in [0.05, 0.1) is 48.2 Å². The topological polar surface area (TPSA) is 91.8 Å². The van der Waals surface area contributed by atoms with Crippen LogP contribution in [-0.4, -0.2) is 58.7 Å². The predicted octanol–water partition coefficient (Wildman–Crippen LogP) is 4.72. The van der Waals surface area contributed by atoms with E-state index < -0.39 is 17.2 Å². The monoisotopic (exact) mass is 501 g/mol. The second kappa shape index (κ2) is 9.41. The molecule has 2 bridgehead atoms. The summed E-state index contributed by atoms with van der Waals surface area (Å²) in [7, 11) is 0. The van der Waals surface area contributed by atoms with E-state index in [1.807, 2.05) is 26.8 Å². The van der Waals surface area contributed by atoms with Gasteiger partial charge in [0, 0.05) is 17.5 Å². The maximum Gasteiger partial charge on any atom is 0.408 e. The summed E-state index contributed by atoms with van der Waals surface area (Å²) in [6.07, 6.45) is 5.17. The number of aromatic nitrogens is 2. The van der Waals surface area contributed by atoms with Gasteiger partial charge in [-0.15, -0.1) is 0 Å². The molecule has 3 aliphatic heterocycles. The quantitative estimate of drug-likeness (QED) is 0.612. The largest absolute Gasteiger partial charge is 0.471 e. The number of alkyl carbamates (subject to hydrolysis) is 1. The number of hydrogen-bond donors (Lipinski definition) is 1. The lowest BCUT2D eigenvalue weighted by molar-refractivity contribution is -0.163. The number of hydrogen-bond acceptors (Lipinski definition) is 7. The zero-order valence-electron chi connectivity index (χ0n) is 21.6. The lowest BCUT2D eigenvalue weighted by atomic mass is 9.69. The molecule has 9 heteroatoms. The van der Waals surface area contributed by atoms with Gasteiger partial charge >= 0.3 is 6.09 Å². The van der Waals surface area contributed by atoms with Crippen LogP contribution in [0.4, 0.5) is 9.18 Å². The SMILES string of the molecule is C[C@@H]1COC[C@H]1Oc1ccc2ncc(F)c(CCC34CCC(NC(=O)OC(C)(C)C)(CC3)CO4)c2n1. The third kappa shape index (κ3) is 5.27. The molecule has 2 aromatic heterocycles. The predicted molar refractivity (Wildman–Crippen MR) is 131 cm³/mol. The first kappa shape index (κ1) is 25.1. The molecule has 2 atom stereocenters. The van der Waals surface area contributed by atoms with E-state index in [0.717, 1.165) is 25.7 Å². The van der Waals surface area contributed by atoms with Crippen LogP contribution < -0.4 is 10.1 Å². The fourth-order valence-corrected chi connectivity index (χ4v) is 5.45. The Kier molecular flexibility index (Phi) is 6.57. The van der Waals surface area contributed by atoms with Crippen LogP contribution in [0.25, 0.3) is 11.0 Å². The normalized spacial score (nSPS) is 29.9. The van der Waals surface area contributed by atoms with E-state index in [-0.39, 0.29) is 23.4 Å². The summed E-state index contributed by atoms with van der Waals surface area (Å²) >= 11 is 0. The second-order valence-electron chi connectivity index (χ2n) is 11.7. The molecule has 2 aromatic rings. The van der Waals surface area contributed by atoms with E-state index >= 15 is 0 Å². The van der Waals surface area contributed by atoms with Gasteiger partial charge in [-0.05, 0) is 65.4 Å².